The molecule has 0 saturated heterocycles. The van der Waals surface area contributed by atoms with Gasteiger partial charge in [0.15, 0.2) is 5.69 Å². The molecule has 6 nitrogen and oxygen atoms in total. The van der Waals surface area contributed by atoms with Crippen LogP contribution in [0.2, 0.25) is 0 Å². The smallest absolute Gasteiger partial charge is 0.356 e. The average Bonchev–Trinajstić information content (AvgIpc) is 2.35. The SMILES string of the molecule is COCCN(C)c1cc(C(=O)OC)ncn1. The van der Waals surface area contributed by atoms with Crippen LogP contribution in [0.1, 0.15) is 10.5 Å². The van der Waals surface area contributed by atoms with E-state index < -0.39 is 5.97 Å². The first-order valence-electron chi connectivity index (χ1n) is 4.79. The van der Waals surface area contributed by atoms with Crippen molar-refractivity contribution >= 4 is 11.8 Å². The highest BCUT2D eigenvalue weighted by Gasteiger charge is 2.10. The molecule has 0 fully saturated rings. The molecule has 0 saturated carbocycles. The summed E-state index contributed by atoms with van der Waals surface area (Å²) >= 11 is 0. The van der Waals surface area contributed by atoms with E-state index in [-0.39, 0.29) is 5.69 Å². The molecule has 6 heteroatoms. The highest BCUT2D eigenvalue weighted by Crippen LogP contribution is 2.09. The van der Waals surface area contributed by atoms with Gasteiger partial charge in [0.1, 0.15) is 12.1 Å². The van der Waals surface area contributed by atoms with Crippen LogP contribution in [0.25, 0.3) is 0 Å². The number of anilines is 1. The van der Waals surface area contributed by atoms with Crippen LogP contribution in [0.5, 0.6) is 0 Å². The van der Waals surface area contributed by atoms with Gasteiger partial charge in [-0.3, -0.25) is 0 Å². The lowest BCUT2D eigenvalue weighted by Crippen LogP contribution is -2.23. The Kier molecular flexibility index (Phi) is 4.65. The van der Waals surface area contributed by atoms with Crippen LogP contribution in [-0.2, 0) is 9.47 Å². The Morgan fingerprint density at radius 2 is 2.19 bits per heavy atom. The Hall–Kier alpha value is -1.69. The van der Waals surface area contributed by atoms with E-state index in [2.05, 4.69) is 14.7 Å². The maximum atomic E-state index is 11.2. The largest absolute Gasteiger partial charge is 0.464 e. The van der Waals surface area contributed by atoms with Gasteiger partial charge < -0.3 is 14.4 Å². The van der Waals surface area contributed by atoms with Gasteiger partial charge in [-0.25, -0.2) is 14.8 Å². The minimum absolute atomic E-state index is 0.247. The monoisotopic (exact) mass is 225 g/mol. The Labute approximate surface area is 94.2 Å². The minimum atomic E-state index is -0.469. The lowest BCUT2D eigenvalue weighted by Gasteiger charge is -2.17. The van der Waals surface area contributed by atoms with E-state index in [0.29, 0.717) is 19.0 Å². The summed E-state index contributed by atoms with van der Waals surface area (Å²) < 4.78 is 9.54. The van der Waals surface area contributed by atoms with Crippen molar-refractivity contribution in [3.8, 4) is 0 Å². The van der Waals surface area contributed by atoms with E-state index in [1.54, 1.807) is 13.2 Å². The van der Waals surface area contributed by atoms with Crippen molar-refractivity contribution in [2.75, 3.05) is 39.3 Å². The molecule has 0 aromatic carbocycles. The van der Waals surface area contributed by atoms with Gasteiger partial charge in [-0.05, 0) is 0 Å². The van der Waals surface area contributed by atoms with Gasteiger partial charge in [0, 0.05) is 26.8 Å². The molecule has 0 amide bonds. The normalized spacial score (nSPS) is 9.94. The van der Waals surface area contributed by atoms with Gasteiger partial charge in [0.25, 0.3) is 0 Å². The second-order valence-electron chi connectivity index (χ2n) is 3.17. The van der Waals surface area contributed by atoms with E-state index in [1.807, 2.05) is 11.9 Å². The number of hydrogen-bond acceptors (Lipinski definition) is 6. The van der Waals surface area contributed by atoms with Crippen molar-refractivity contribution in [2.45, 2.75) is 0 Å². The van der Waals surface area contributed by atoms with Gasteiger partial charge in [-0.2, -0.15) is 0 Å². The molecule has 0 aliphatic rings. The molecule has 0 unspecified atom stereocenters. The molecule has 0 N–H and O–H groups in total. The van der Waals surface area contributed by atoms with E-state index in [0.717, 1.165) is 0 Å². The Morgan fingerprint density at radius 1 is 1.44 bits per heavy atom. The summed E-state index contributed by atoms with van der Waals surface area (Å²) in [5, 5.41) is 0. The van der Waals surface area contributed by atoms with Crippen LogP contribution in [0, 0.1) is 0 Å². The second kappa shape index (κ2) is 6.02. The van der Waals surface area contributed by atoms with Crippen molar-refractivity contribution in [3.05, 3.63) is 18.1 Å². The summed E-state index contributed by atoms with van der Waals surface area (Å²) in [5.74, 6) is 0.191. The number of rotatable bonds is 5. The molecule has 88 valence electrons. The van der Waals surface area contributed by atoms with Crippen LogP contribution in [0.15, 0.2) is 12.4 Å². The molecule has 0 aliphatic heterocycles. The average molecular weight is 225 g/mol. The summed E-state index contributed by atoms with van der Waals surface area (Å²) in [6.45, 7) is 1.28. The lowest BCUT2D eigenvalue weighted by atomic mass is 10.4. The fourth-order valence-electron chi connectivity index (χ4n) is 1.11. The molecule has 0 bridgehead atoms. The highest BCUT2D eigenvalue weighted by atomic mass is 16.5. The number of aromatic nitrogens is 2. The molecular formula is C10H15N3O3. The molecule has 16 heavy (non-hydrogen) atoms. The minimum Gasteiger partial charge on any atom is -0.464 e. The topological polar surface area (TPSA) is 64.5 Å². The van der Waals surface area contributed by atoms with Crippen LogP contribution in [0.4, 0.5) is 5.82 Å². The number of nitrogens with zero attached hydrogens (tertiary/aromatic N) is 3. The first-order valence-corrected chi connectivity index (χ1v) is 4.79. The highest BCUT2D eigenvalue weighted by molar-refractivity contribution is 5.87. The van der Waals surface area contributed by atoms with Crippen molar-refractivity contribution < 1.29 is 14.3 Å². The Balaban J connectivity index is 2.77. The zero-order chi connectivity index (χ0) is 12.0. The summed E-state index contributed by atoms with van der Waals surface area (Å²) in [6.07, 6.45) is 1.34. The quantitative estimate of drug-likeness (QED) is 0.673. The van der Waals surface area contributed by atoms with E-state index in [4.69, 9.17) is 4.74 Å². The van der Waals surface area contributed by atoms with Gasteiger partial charge in [0.05, 0.1) is 13.7 Å². The molecule has 0 spiro atoms. The van der Waals surface area contributed by atoms with Gasteiger partial charge in [0.2, 0.25) is 0 Å². The number of likely N-dealkylation sites (N-methyl/N-ethyl adjacent to an activating group) is 1. The summed E-state index contributed by atoms with van der Waals surface area (Å²) in [5.41, 5.74) is 0.247. The number of methoxy groups -OCH3 is 2. The lowest BCUT2D eigenvalue weighted by molar-refractivity contribution is 0.0594. The first kappa shape index (κ1) is 12.4. The summed E-state index contributed by atoms with van der Waals surface area (Å²) in [6, 6.07) is 1.58. The van der Waals surface area contributed by atoms with Crippen LogP contribution in [-0.4, -0.2) is 50.4 Å². The van der Waals surface area contributed by atoms with Crippen molar-refractivity contribution in [2.24, 2.45) is 0 Å². The molecule has 0 radical (unpaired) electrons. The van der Waals surface area contributed by atoms with Gasteiger partial charge >= 0.3 is 5.97 Å². The first-order chi connectivity index (χ1) is 7.69. The van der Waals surface area contributed by atoms with Crippen LogP contribution in [0.3, 0.4) is 0 Å². The van der Waals surface area contributed by atoms with E-state index >= 15 is 0 Å². The van der Waals surface area contributed by atoms with Crippen molar-refractivity contribution in [1.29, 1.82) is 0 Å². The fraction of sp³-hybridized carbons (Fsp3) is 0.500. The Bertz CT molecular complexity index is 357. The summed E-state index contributed by atoms with van der Waals surface area (Å²) in [7, 11) is 4.81. The Morgan fingerprint density at radius 3 is 2.81 bits per heavy atom. The third-order valence-electron chi connectivity index (χ3n) is 2.07. The zero-order valence-corrected chi connectivity index (χ0v) is 9.64. The third kappa shape index (κ3) is 3.16. The predicted molar refractivity (Wildman–Crippen MR) is 58.5 cm³/mol. The number of carbonyl (C=O) groups is 1. The zero-order valence-electron chi connectivity index (χ0n) is 9.64. The molecule has 1 heterocycles. The fourth-order valence-corrected chi connectivity index (χ4v) is 1.11. The maximum Gasteiger partial charge on any atom is 0.356 e. The van der Waals surface area contributed by atoms with Crippen LogP contribution < -0.4 is 4.90 Å². The predicted octanol–water partition coefficient (Wildman–Crippen LogP) is 0.346. The number of hydrogen-bond donors (Lipinski definition) is 0. The van der Waals surface area contributed by atoms with Gasteiger partial charge in [-0.15, -0.1) is 0 Å². The molecule has 0 aliphatic carbocycles. The maximum absolute atomic E-state index is 11.2. The second-order valence-corrected chi connectivity index (χ2v) is 3.17. The van der Waals surface area contributed by atoms with E-state index in [9.17, 15) is 4.79 Å². The van der Waals surface area contributed by atoms with Crippen molar-refractivity contribution in [1.82, 2.24) is 9.97 Å². The molecular weight excluding hydrogens is 210 g/mol. The van der Waals surface area contributed by atoms with Crippen molar-refractivity contribution in [3.63, 3.8) is 0 Å². The van der Waals surface area contributed by atoms with Gasteiger partial charge in [-0.1, -0.05) is 0 Å². The number of ether oxygens (including phenoxy) is 2. The molecule has 1 rings (SSSR count). The number of esters is 1. The number of carbonyl (C=O) groups excluding carboxylic acids is 1. The third-order valence-corrected chi connectivity index (χ3v) is 2.07. The van der Waals surface area contributed by atoms with Crippen LogP contribution >= 0.6 is 0 Å². The molecule has 1 aromatic heterocycles. The summed E-state index contributed by atoms with van der Waals surface area (Å²) in [4.78, 5) is 21.0. The standard InChI is InChI=1S/C10H15N3O3/c1-13(4-5-15-2)9-6-8(10(14)16-3)11-7-12-9/h6-7H,4-5H2,1-3H3. The molecule has 1 aromatic rings. The molecule has 0 atom stereocenters. The van der Waals surface area contributed by atoms with E-state index in [1.165, 1.54) is 13.4 Å².